The van der Waals surface area contributed by atoms with Crippen LogP contribution < -0.4 is 0 Å². The molecule has 6 heteroatoms. The van der Waals surface area contributed by atoms with Crippen LogP contribution in [0.1, 0.15) is 188 Å². The summed E-state index contributed by atoms with van der Waals surface area (Å²) in [6.45, 7) is 6.23. The lowest BCUT2D eigenvalue weighted by Crippen LogP contribution is -2.30. The number of carbonyl (C=O) groups is 3. The highest BCUT2D eigenvalue weighted by atomic mass is 16.6. The fraction of sp³-hybridized carbons (Fsp3) is 0.561. The quantitative estimate of drug-likeness (QED) is 0.0200. The van der Waals surface area contributed by atoms with Gasteiger partial charge in [0.05, 0.1) is 0 Å². The molecule has 0 bridgehead atoms. The molecule has 1 unspecified atom stereocenters. The SMILES string of the molecule is CC/C=C/C=C/C=C/C=C/CCCCCC(=O)OC(COC(=O)CC/C=C/C/C=C/CCCCCCCC)COC(=O)CCCCC/C=C/C/C=C/C/C=C/C/C=C/C/C=C/CC. The minimum Gasteiger partial charge on any atom is -0.462 e. The van der Waals surface area contributed by atoms with Crippen LogP contribution in [0, 0.1) is 0 Å². The third-order valence-electron chi connectivity index (χ3n) is 9.73. The maximum Gasteiger partial charge on any atom is 0.306 e. The first kappa shape index (κ1) is 58.6. The Kier molecular flexibility index (Phi) is 46.7. The number of esters is 3. The van der Waals surface area contributed by atoms with Crippen molar-refractivity contribution in [2.24, 2.45) is 0 Å². The zero-order valence-electron chi connectivity index (χ0n) is 40.0. The predicted molar refractivity (Wildman–Crippen MR) is 269 cm³/mol. The van der Waals surface area contributed by atoms with E-state index in [1.54, 1.807) is 0 Å². The molecule has 0 fully saturated rings. The second kappa shape index (κ2) is 50.2. The van der Waals surface area contributed by atoms with Gasteiger partial charge in [-0.1, -0.05) is 199 Å². The lowest BCUT2D eigenvalue weighted by Gasteiger charge is -2.18. The second-order valence-corrected chi connectivity index (χ2v) is 15.7. The van der Waals surface area contributed by atoms with Gasteiger partial charge in [-0.05, 0) is 103 Å². The summed E-state index contributed by atoms with van der Waals surface area (Å²) in [4.78, 5) is 37.9. The highest BCUT2D eigenvalue weighted by Crippen LogP contribution is 2.11. The number of allylic oxidation sites excluding steroid dienone is 22. The van der Waals surface area contributed by atoms with Crippen molar-refractivity contribution in [1.29, 1.82) is 0 Å². The lowest BCUT2D eigenvalue weighted by atomic mass is 10.1. The van der Waals surface area contributed by atoms with Gasteiger partial charge < -0.3 is 14.2 Å². The summed E-state index contributed by atoms with van der Waals surface area (Å²) in [5, 5.41) is 0. The average Bonchev–Trinajstić information content (AvgIpc) is 3.28. The summed E-state index contributed by atoms with van der Waals surface area (Å²) in [6.07, 6.45) is 70.2. The van der Waals surface area contributed by atoms with Crippen molar-refractivity contribution < 1.29 is 28.6 Å². The standard InChI is InChI=1S/C57H88O6/c1-4-7-10-13-16-19-22-25-26-27-28-29-30-33-35-38-41-44-47-50-56(59)62-53-54(63-57(60)51-48-45-42-39-36-32-24-21-18-15-12-9-6-3)52-61-55(58)49-46-43-40-37-34-31-23-20-17-14-11-8-5-2/h7,9-10,12,15-16,18-19,21,24-26,28-29,31-36,40,43,54H,4-6,8,11,13-14,17,20,22-23,27,30,37-39,41-42,44-53H2,1-3H3/b10-7+,12-9+,18-15+,19-16+,24-21+,26-25+,29-28+,34-31+,35-33+,36-32+,43-40+. The van der Waals surface area contributed by atoms with Crippen LogP contribution in [0.15, 0.2) is 134 Å². The normalized spacial score (nSPS) is 13.3. The molecule has 0 aliphatic heterocycles. The smallest absolute Gasteiger partial charge is 0.306 e. The van der Waals surface area contributed by atoms with Gasteiger partial charge in [0.1, 0.15) is 13.2 Å². The van der Waals surface area contributed by atoms with Gasteiger partial charge in [-0.15, -0.1) is 0 Å². The first-order valence-electron chi connectivity index (χ1n) is 24.7. The molecule has 0 saturated carbocycles. The van der Waals surface area contributed by atoms with Crippen molar-refractivity contribution in [1.82, 2.24) is 0 Å². The van der Waals surface area contributed by atoms with Crippen LogP contribution in [0.5, 0.6) is 0 Å². The zero-order chi connectivity index (χ0) is 45.8. The van der Waals surface area contributed by atoms with E-state index in [4.69, 9.17) is 14.2 Å². The molecule has 6 nitrogen and oxygen atoms in total. The molecule has 0 rings (SSSR count). The van der Waals surface area contributed by atoms with E-state index in [2.05, 4.69) is 112 Å². The van der Waals surface area contributed by atoms with E-state index in [1.807, 2.05) is 42.5 Å². The van der Waals surface area contributed by atoms with E-state index in [9.17, 15) is 14.4 Å². The van der Waals surface area contributed by atoms with Crippen molar-refractivity contribution in [3.63, 3.8) is 0 Å². The maximum atomic E-state index is 12.7. The minimum atomic E-state index is -0.839. The number of carbonyl (C=O) groups excluding carboxylic acids is 3. The van der Waals surface area contributed by atoms with Crippen LogP contribution in [0.25, 0.3) is 0 Å². The van der Waals surface area contributed by atoms with Gasteiger partial charge >= 0.3 is 17.9 Å². The molecule has 0 aromatic rings. The Morgan fingerprint density at radius 1 is 0.349 bits per heavy atom. The summed E-state index contributed by atoms with van der Waals surface area (Å²) in [5.41, 5.74) is 0. The first-order chi connectivity index (χ1) is 31.0. The number of hydrogen-bond acceptors (Lipinski definition) is 6. The molecule has 0 amide bonds. The molecule has 0 aliphatic carbocycles. The number of hydrogen-bond donors (Lipinski definition) is 0. The van der Waals surface area contributed by atoms with Gasteiger partial charge in [-0.25, -0.2) is 0 Å². The summed E-state index contributed by atoms with van der Waals surface area (Å²) in [7, 11) is 0. The second-order valence-electron chi connectivity index (χ2n) is 15.7. The van der Waals surface area contributed by atoms with Crippen molar-refractivity contribution in [3.05, 3.63) is 134 Å². The van der Waals surface area contributed by atoms with Crippen LogP contribution in [-0.2, 0) is 28.6 Å². The number of rotatable bonds is 42. The molecule has 0 aromatic heterocycles. The van der Waals surface area contributed by atoms with Crippen molar-refractivity contribution >= 4 is 17.9 Å². The monoisotopic (exact) mass is 869 g/mol. The largest absolute Gasteiger partial charge is 0.462 e. The van der Waals surface area contributed by atoms with E-state index < -0.39 is 6.10 Å². The molecule has 0 N–H and O–H groups in total. The van der Waals surface area contributed by atoms with E-state index >= 15 is 0 Å². The van der Waals surface area contributed by atoms with E-state index in [0.717, 1.165) is 96.3 Å². The topological polar surface area (TPSA) is 78.9 Å². The highest BCUT2D eigenvalue weighted by Gasteiger charge is 2.19. The van der Waals surface area contributed by atoms with Crippen molar-refractivity contribution in [3.8, 4) is 0 Å². The Balaban J connectivity index is 4.58. The average molecular weight is 869 g/mol. The Bertz CT molecular complexity index is 1420. The molecule has 1 atom stereocenters. The van der Waals surface area contributed by atoms with Gasteiger partial charge in [0, 0.05) is 19.3 Å². The first-order valence-corrected chi connectivity index (χ1v) is 24.7. The minimum absolute atomic E-state index is 0.134. The molecular formula is C57H88O6. The van der Waals surface area contributed by atoms with Crippen LogP contribution in [0.4, 0.5) is 0 Å². The fourth-order valence-electron chi connectivity index (χ4n) is 6.06. The number of unbranched alkanes of at least 4 members (excludes halogenated alkanes) is 12. The summed E-state index contributed by atoms with van der Waals surface area (Å²) >= 11 is 0. The van der Waals surface area contributed by atoms with Crippen molar-refractivity contribution in [2.45, 2.75) is 194 Å². The fourth-order valence-corrected chi connectivity index (χ4v) is 6.06. The summed E-state index contributed by atoms with van der Waals surface area (Å²) in [5.74, 6) is -1.09. The van der Waals surface area contributed by atoms with Gasteiger partial charge in [0.25, 0.3) is 0 Å². The zero-order valence-corrected chi connectivity index (χ0v) is 40.0. The molecular weight excluding hydrogens is 781 g/mol. The highest BCUT2D eigenvalue weighted by molar-refractivity contribution is 5.71. The van der Waals surface area contributed by atoms with Crippen LogP contribution >= 0.6 is 0 Å². The summed E-state index contributed by atoms with van der Waals surface area (Å²) in [6, 6.07) is 0. The van der Waals surface area contributed by atoms with Gasteiger partial charge in [0.15, 0.2) is 6.10 Å². The molecule has 0 radical (unpaired) electrons. The van der Waals surface area contributed by atoms with E-state index in [1.165, 1.54) is 38.5 Å². The van der Waals surface area contributed by atoms with E-state index in [-0.39, 0.29) is 44.0 Å². The maximum absolute atomic E-state index is 12.7. The van der Waals surface area contributed by atoms with Gasteiger partial charge in [-0.2, -0.15) is 0 Å². The Morgan fingerprint density at radius 2 is 0.730 bits per heavy atom. The van der Waals surface area contributed by atoms with Crippen LogP contribution in [0.3, 0.4) is 0 Å². The molecule has 0 spiro atoms. The lowest BCUT2D eigenvalue weighted by molar-refractivity contribution is -0.166. The van der Waals surface area contributed by atoms with Gasteiger partial charge in [0.2, 0.25) is 0 Å². The Labute approximate surface area is 385 Å². The molecule has 0 saturated heterocycles. The third-order valence-corrected chi connectivity index (χ3v) is 9.73. The van der Waals surface area contributed by atoms with Crippen LogP contribution in [-0.4, -0.2) is 37.2 Å². The number of ether oxygens (including phenoxy) is 3. The molecule has 0 aromatic carbocycles. The van der Waals surface area contributed by atoms with E-state index in [0.29, 0.717) is 19.3 Å². The predicted octanol–water partition coefficient (Wildman–Crippen LogP) is 16.3. The third kappa shape index (κ3) is 48.4. The van der Waals surface area contributed by atoms with Gasteiger partial charge in [-0.3, -0.25) is 14.4 Å². The molecule has 0 heterocycles. The molecule has 352 valence electrons. The molecule has 0 aliphatic rings. The summed E-state index contributed by atoms with van der Waals surface area (Å²) < 4.78 is 16.6. The molecule has 63 heavy (non-hydrogen) atoms. The van der Waals surface area contributed by atoms with Crippen LogP contribution in [0.2, 0.25) is 0 Å². The Hall–Kier alpha value is -4.45. The van der Waals surface area contributed by atoms with Crippen molar-refractivity contribution in [2.75, 3.05) is 13.2 Å². The Morgan fingerprint density at radius 3 is 1.25 bits per heavy atom.